The normalized spacial score (nSPS) is 16.0. The van der Waals surface area contributed by atoms with Crippen LogP contribution in [0.3, 0.4) is 0 Å². The molecule has 3 aromatic carbocycles. The van der Waals surface area contributed by atoms with Gasteiger partial charge in [-0.15, -0.1) is 0 Å². The fraction of sp³-hybridized carbons (Fsp3) is 0.259. The lowest BCUT2D eigenvalue weighted by atomic mass is 10.2. The van der Waals surface area contributed by atoms with Crippen LogP contribution >= 0.6 is 23.2 Å². The molecule has 8 nitrogen and oxygen atoms in total. The van der Waals surface area contributed by atoms with Crippen LogP contribution in [0.4, 0.5) is 0 Å². The lowest BCUT2D eigenvalue weighted by Gasteiger charge is -2.22. The Morgan fingerprint density at radius 2 is 1.71 bits per heavy atom. The molecule has 1 aliphatic rings. The van der Waals surface area contributed by atoms with Crippen LogP contribution in [0.5, 0.6) is 11.5 Å². The van der Waals surface area contributed by atoms with Gasteiger partial charge in [-0.3, -0.25) is 4.79 Å². The smallest absolute Gasteiger partial charge is 0.258 e. The van der Waals surface area contributed by atoms with Gasteiger partial charge in [0.15, 0.2) is 11.5 Å². The highest BCUT2D eigenvalue weighted by atomic mass is 35.5. The third-order valence-corrected chi connectivity index (χ3v) is 8.32. The van der Waals surface area contributed by atoms with Gasteiger partial charge in [-0.05, 0) is 85.5 Å². The van der Waals surface area contributed by atoms with E-state index >= 15 is 0 Å². The van der Waals surface area contributed by atoms with Crippen molar-refractivity contribution in [3.8, 4) is 11.5 Å². The van der Waals surface area contributed by atoms with Crippen LogP contribution in [0.15, 0.2) is 76.7 Å². The van der Waals surface area contributed by atoms with Gasteiger partial charge in [0.05, 0.1) is 17.7 Å². The van der Waals surface area contributed by atoms with Crippen molar-refractivity contribution in [2.75, 3.05) is 13.2 Å². The molecule has 0 aliphatic carbocycles. The highest BCUT2D eigenvalue weighted by molar-refractivity contribution is 7.89. The molecule has 1 heterocycles. The Labute approximate surface area is 232 Å². The number of hydrogen-bond donors (Lipinski definition) is 1. The summed E-state index contributed by atoms with van der Waals surface area (Å²) < 4.78 is 39.0. The Morgan fingerprint density at radius 1 is 1.03 bits per heavy atom. The monoisotopic (exact) mass is 575 g/mol. The van der Waals surface area contributed by atoms with Crippen LogP contribution in [0, 0.1) is 0 Å². The molecule has 0 spiro atoms. The fourth-order valence-corrected chi connectivity index (χ4v) is 5.92. The molecule has 3 aromatic rings. The number of sulfonamides is 1. The molecule has 200 valence electrons. The van der Waals surface area contributed by atoms with Crippen LogP contribution < -0.4 is 14.9 Å². The van der Waals surface area contributed by atoms with E-state index in [2.05, 4.69) is 10.5 Å². The number of hydrogen-bond acceptors (Lipinski definition) is 6. The second kappa shape index (κ2) is 12.6. The van der Waals surface area contributed by atoms with E-state index in [0.29, 0.717) is 53.2 Å². The van der Waals surface area contributed by atoms with Gasteiger partial charge in [-0.25, -0.2) is 13.8 Å². The van der Waals surface area contributed by atoms with Crippen LogP contribution in [-0.4, -0.2) is 44.0 Å². The number of amides is 1. The molecule has 1 N–H and O–H groups in total. The molecule has 0 aromatic heterocycles. The Morgan fingerprint density at radius 3 is 2.39 bits per heavy atom. The topological polar surface area (TPSA) is 97.3 Å². The molecule has 38 heavy (non-hydrogen) atoms. The predicted molar refractivity (Wildman–Crippen MR) is 147 cm³/mol. The summed E-state index contributed by atoms with van der Waals surface area (Å²) in [6, 6.07) is 17.7. The lowest BCUT2D eigenvalue weighted by molar-refractivity contribution is -0.124. The van der Waals surface area contributed by atoms with E-state index in [0.717, 1.165) is 5.56 Å². The van der Waals surface area contributed by atoms with E-state index in [9.17, 15) is 13.2 Å². The van der Waals surface area contributed by atoms with Crippen molar-refractivity contribution >= 4 is 45.3 Å². The third-order valence-electron chi connectivity index (χ3n) is 5.89. The molecular weight excluding hydrogens is 549 g/mol. The first-order chi connectivity index (χ1) is 18.3. The van der Waals surface area contributed by atoms with Gasteiger partial charge in [0.1, 0.15) is 12.6 Å². The van der Waals surface area contributed by atoms with E-state index in [-0.39, 0.29) is 11.4 Å². The maximum Gasteiger partial charge on any atom is 0.258 e. The Hall–Kier alpha value is -3.11. The van der Waals surface area contributed by atoms with Crippen LogP contribution in [0.2, 0.25) is 10.0 Å². The van der Waals surface area contributed by atoms with Gasteiger partial charge in [0, 0.05) is 16.6 Å². The number of carbonyl (C=O) groups is 1. The van der Waals surface area contributed by atoms with Crippen molar-refractivity contribution in [1.29, 1.82) is 0 Å². The molecule has 0 unspecified atom stereocenters. The first-order valence-corrected chi connectivity index (χ1v) is 14.2. The van der Waals surface area contributed by atoms with Crippen LogP contribution in [-0.2, 0) is 21.4 Å². The summed E-state index contributed by atoms with van der Waals surface area (Å²) in [4.78, 5) is 12.9. The first kappa shape index (κ1) is 27.9. The summed E-state index contributed by atoms with van der Waals surface area (Å²) in [6.45, 7) is 2.91. The van der Waals surface area contributed by atoms with Gasteiger partial charge in [0.2, 0.25) is 10.0 Å². The Balaban J connectivity index is 1.40. The fourth-order valence-electron chi connectivity index (χ4n) is 4.01. The number of hydrazone groups is 1. The standard InChI is InChI=1S/C27H27Cl2N3O5S/c1-2-36-26-16-20(7-14-25(26)37-18-19-5-8-21(28)9-6-19)17-30-31-27(33)24-4-3-15-32(24)38(34,35)23-12-10-22(29)11-13-23/h5-14,16-17,24H,2-4,15,18H2,1H3,(H,31,33)/b30-17-/t24-/m1/s1. The summed E-state index contributed by atoms with van der Waals surface area (Å²) in [6.07, 6.45) is 2.45. The molecule has 11 heteroatoms. The molecule has 4 rings (SSSR count). The van der Waals surface area contributed by atoms with E-state index in [1.165, 1.54) is 34.8 Å². The third kappa shape index (κ3) is 6.85. The molecule has 1 amide bonds. The van der Waals surface area contributed by atoms with E-state index in [4.69, 9.17) is 32.7 Å². The van der Waals surface area contributed by atoms with Gasteiger partial charge in [-0.2, -0.15) is 9.41 Å². The van der Waals surface area contributed by atoms with Crippen molar-refractivity contribution in [2.45, 2.75) is 37.3 Å². The Kier molecular flexibility index (Phi) is 9.27. The molecule has 1 saturated heterocycles. The Bertz CT molecular complexity index is 1400. The zero-order valence-corrected chi connectivity index (χ0v) is 23.0. The average Bonchev–Trinajstić information content (AvgIpc) is 3.41. The molecule has 1 fully saturated rings. The van der Waals surface area contributed by atoms with E-state index in [1.807, 2.05) is 19.1 Å². The highest BCUT2D eigenvalue weighted by Gasteiger charge is 2.39. The number of benzene rings is 3. The molecule has 1 aliphatic heterocycles. The minimum absolute atomic E-state index is 0.0897. The van der Waals surface area contributed by atoms with Gasteiger partial charge in [-0.1, -0.05) is 35.3 Å². The summed E-state index contributed by atoms with van der Waals surface area (Å²) >= 11 is 11.8. The number of nitrogens with one attached hydrogen (secondary N) is 1. The number of carbonyl (C=O) groups excluding carboxylic acids is 1. The number of halogens is 2. The summed E-state index contributed by atoms with van der Waals surface area (Å²) in [5, 5.41) is 5.14. The number of rotatable bonds is 10. The second-order valence-electron chi connectivity index (χ2n) is 8.52. The quantitative estimate of drug-likeness (QED) is 0.262. The summed E-state index contributed by atoms with van der Waals surface area (Å²) in [7, 11) is -3.85. The number of nitrogens with zero attached hydrogens (tertiary/aromatic N) is 2. The molecule has 0 radical (unpaired) electrons. The predicted octanol–water partition coefficient (Wildman–Crippen LogP) is 5.27. The van der Waals surface area contributed by atoms with Crippen LogP contribution in [0.25, 0.3) is 0 Å². The lowest BCUT2D eigenvalue weighted by Crippen LogP contribution is -2.44. The summed E-state index contributed by atoms with van der Waals surface area (Å²) in [5.41, 5.74) is 4.11. The molecule has 0 saturated carbocycles. The van der Waals surface area contributed by atoms with Gasteiger partial charge in [0.25, 0.3) is 5.91 Å². The largest absolute Gasteiger partial charge is 0.490 e. The van der Waals surface area contributed by atoms with Gasteiger partial charge >= 0.3 is 0 Å². The zero-order chi connectivity index (χ0) is 27.1. The zero-order valence-electron chi connectivity index (χ0n) is 20.6. The average molecular weight is 577 g/mol. The van der Waals surface area contributed by atoms with Gasteiger partial charge < -0.3 is 9.47 Å². The molecule has 0 bridgehead atoms. The van der Waals surface area contributed by atoms with Crippen molar-refractivity contribution in [2.24, 2.45) is 5.10 Å². The molecule has 1 atom stereocenters. The molecular formula is C27H27Cl2N3O5S. The van der Waals surface area contributed by atoms with Crippen molar-refractivity contribution < 1.29 is 22.7 Å². The van der Waals surface area contributed by atoms with E-state index < -0.39 is 22.0 Å². The maximum atomic E-state index is 13.1. The summed E-state index contributed by atoms with van der Waals surface area (Å²) in [5.74, 6) is 0.606. The minimum Gasteiger partial charge on any atom is -0.490 e. The maximum absolute atomic E-state index is 13.1. The second-order valence-corrected chi connectivity index (χ2v) is 11.3. The van der Waals surface area contributed by atoms with Crippen LogP contribution in [0.1, 0.15) is 30.9 Å². The first-order valence-electron chi connectivity index (χ1n) is 12.0. The highest BCUT2D eigenvalue weighted by Crippen LogP contribution is 2.29. The van der Waals surface area contributed by atoms with Crippen molar-refractivity contribution in [3.63, 3.8) is 0 Å². The SMILES string of the molecule is CCOc1cc(/C=N\NC(=O)[C@H]2CCCN2S(=O)(=O)c2ccc(Cl)cc2)ccc1OCc1ccc(Cl)cc1. The van der Waals surface area contributed by atoms with E-state index in [1.54, 1.807) is 30.3 Å². The minimum atomic E-state index is -3.85. The van der Waals surface area contributed by atoms with Crippen molar-refractivity contribution in [3.05, 3.63) is 87.9 Å². The number of ether oxygens (including phenoxy) is 2. The van der Waals surface area contributed by atoms with Crippen molar-refractivity contribution in [1.82, 2.24) is 9.73 Å².